The van der Waals surface area contributed by atoms with Crippen LogP contribution in [0.3, 0.4) is 0 Å². The van der Waals surface area contributed by atoms with Crippen LogP contribution >= 0.6 is 0 Å². The van der Waals surface area contributed by atoms with Crippen LogP contribution in [0.15, 0.2) is 18.2 Å². The number of nitriles is 1. The third kappa shape index (κ3) is 2.28. The predicted octanol–water partition coefficient (Wildman–Crippen LogP) is 2.68. The second kappa shape index (κ2) is 3.85. The summed E-state index contributed by atoms with van der Waals surface area (Å²) in [6.07, 6.45) is 0.849. The number of nitrogens with zero attached hydrogens (tertiary/aromatic N) is 1. The number of nitrogens with one attached hydrogen (secondary N) is 1. The molecule has 0 heterocycles. The van der Waals surface area contributed by atoms with Gasteiger partial charge in [-0.25, -0.2) is 4.39 Å². The number of carbonyl (C=O) groups excluding carboxylic acids is 1. The molecular formula is C13H13FN2O. The Morgan fingerprint density at radius 2 is 2.24 bits per heavy atom. The Kier molecular flexibility index (Phi) is 2.62. The van der Waals surface area contributed by atoms with Gasteiger partial charge in [-0.05, 0) is 30.0 Å². The Morgan fingerprint density at radius 1 is 1.59 bits per heavy atom. The van der Waals surface area contributed by atoms with Crippen LogP contribution in [0.5, 0.6) is 0 Å². The van der Waals surface area contributed by atoms with Crippen molar-refractivity contribution < 1.29 is 9.18 Å². The van der Waals surface area contributed by atoms with E-state index in [0.717, 1.165) is 12.5 Å². The summed E-state index contributed by atoms with van der Waals surface area (Å²) in [5.41, 5.74) is 0.565. The topological polar surface area (TPSA) is 52.9 Å². The minimum Gasteiger partial charge on any atom is -0.325 e. The zero-order valence-corrected chi connectivity index (χ0v) is 9.75. The fourth-order valence-electron chi connectivity index (χ4n) is 1.85. The molecule has 1 aliphatic rings. The van der Waals surface area contributed by atoms with Gasteiger partial charge in [0.25, 0.3) is 0 Å². The number of hydrogen-bond donors (Lipinski definition) is 1. The Morgan fingerprint density at radius 3 is 2.76 bits per heavy atom. The lowest BCUT2D eigenvalue weighted by Gasteiger charge is -2.08. The second-order valence-corrected chi connectivity index (χ2v) is 5.04. The van der Waals surface area contributed by atoms with Crippen molar-refractivity contribution in [3.63, 3.8) is 0 Å². The summed E-state index contributed by atoms with van der Waals surface area (Å²) >= 11 is 0. The maximum atomic E-state index is 12.9. The quantitative estimate of drug-likeness (QED) is 0.852. The van der Waals surface area contributed by atoms with Gasteiger partial charge < -0.3 is 5.32 Å². The van der Waals surface area contributed by atoms with Gasteiger partial charge in [-0.15, -0.1) is 0 Å². The molecule has 88 valence electrons. The maximum Gasteiger partial charge on any atom is 0.228 e. The van der Waals surface area contributed by atoms with E-state index in [0.29, 0.717) is 5.69 Å². The number of anilines is 1. The highest BCUT2D eigenvalue weighted by Gasteiger charge is 2.50. The summed E-state index contributed by atoms with van der Waals surface area (Å²) in [6.45, 7) is 4.04. The van der Waals surface area contributed by atoms with Crippen LogP contribution in [0.4, 0.5) is 10.1 Å². The summed E-state index contributed by atoms with van der Waals surface area (Å²) in [7, 11) is 0. The number of amides is 1. The second-order valence-electron chi connectivity index (χ2n) is 5.04. The lowest BCUT2D eigenvalue weighted by molar-refractivity contribution is -0.118. The molecule has 0 radical (unpaired) electrons. The molecule has 0 aliphatic heterocycles. The average molecular weight is 232 g/mol. The molecular weight excluding hydrogens is 219 g/mol. The van der Waals surface area contributed by atoms with Crippen molar-refractivity contribution in [3.8, 4) is 6.07 Å². The smallest absolute Gasteiger partial charge is 0.228 e. The standard InChI is InChI=1S/C13H13FN2O/c1-13(2)6-10(13)12(17)16-11-4-3-9(14)5-8(11)7-15/h3-5,10H,6H2,1-2H3,(H,16,17). The van der Waals surface area contributed by atoms with Crippen LogP contribution < -0.4 is 5.32 Å². The first-order chi connectivity index (χ1) is 7.94. The van der Waals surface area contributed by atoms with Crippen LogP contribution in [0.1, 0.15) is 25.8 Å². The van der Waals surface area contributed by atoms with Gasteiger partial charge in [-0.1, -0.05) is 13.8 Å². The van der Waals surface area contributed by atoms with Crippen LogP contribution in [0, 0.1) is 28.5 Å². The van der Waals surface area contributed by atoms with Crippen LogP contribution in [-0.4, -0.2) is 5.91 Å². The summed E-state index contributed by atoms with van der Waals surface area (Å²) in [6, 6.07) is 5.63. The first-order valence-electron chi connectivity index (χ1n) is 5.44. The molecule has 0 saturated heterocycles. The van der Waals surface area contributed by atoms with Crippen molar-refractivity contribution >= 4 is 11.6 Å². The van der Waals surface area contributed by atoms with Gasteiger partial charge in [-0.2, -0.15) is 5.26 Å². The molecule has 1 unspecified atom stereocenters. The van der Waals surface area contributed by atoms with Gasteiger partial charge in [0.1, 0.15) is 11.9 Å². The highest BCUT2D eigenvalue weighted by atomic mass is 19.1. The lowest BCUT2D eigenvalue weighted by atomic mass is 10.1. The van der Waals surface area contributed by atoms with Crippen LogP contribution in [-0.2, 0) is 4.79 Å². The van der Waals surface area contributed by atoms with E-state index in [1.165, 1.54) is 12.1 Å². The number of rotatable bonds is 2. The number of carbonyl (C=O) groups is 1. The van der Waals surface area contributed by atoms with Crippen molar-refractivity contribution in [1.82, 2.24) is 0 Å². The highest BCUT2D eigenvalue weighted by Crippen LogP contribution is 2.52. The highest BCUT2D eigenvalue weighted by molar-refractivity contribution is 5.96. The Bertz CT molecular complexity index is 517. The fraction of sp³-hybridized carbons (Fsp3) is 0.385. The number of halogens is 1. The third-order valence-electron chi connectivity index (χ3n) is 3.19. The van der Waals surface area contributed by atoms with Crippen molar-refractivity contribution in [3.05, 3.63) is 29.6 Å². The van der Waals surface area contributed by atoms with E-state index >= 15 is 0 Å². The van der Waals surface area contributed by atoms with Gasteiger partial charge in [0.2, 0.25) is 5.91 Å². The largest absolute Gasteiger partial charge is 0.325 e. The van der Waals surface area contributed by atoms with Gasteiger partial charge in [0.05, 0.1) is 11.3 Å². The van der Waals surface area contributed by atoms with E-state index in [-0.39, 0.29) is 22.8 Å². The third-order valence-corrected chi connectivity index (χ3v) is 3.19. The van der Waals surface area contributed by atoms with Gasteiger partial charge in [0.15, 0.2) is 0 Å². The van der Waals surface area contributed by atoms with E-state index < -0.39 is 5.82 Å². The number of benzene rings is 1. The first-order valence-corrected chi connectivity index (χ1v) is 5.44. The molecule has 1 atom stereocenters. The van der Waals surface area contributed by atoms with Crippen molar-refractivity contribution in [1.29, 1.82) is 5.26 Å². The molecule has 1 saturated carbocycles. The van der Waals surface area contributed by atoms with Gasteiger partial charge in [0, 0.05) is 5.92 Å². The van der Waals surface area contributed by atoms with Crippen LogP contribution in [0.2, 0.25) is 0 Å². The summed E-state index contributed by atoms with van der Waals surface area (Å²) in [5.74, 6) is -0.594. The summed E-state index contributed by atoms with van der Waals surface area (Å²) in [4.78, 5) is 11.8. The van der Waals surface area contributed by atoms with Crippen LogP contribution in [0.25, 0.3) is 0 Å². The monoisotopic (exact) mass is 232 g/mol. The van der Waals surface area contributed by atoms with Crippen molar-refractivity contribution in [2.24, 2.45) is 11.3 Å². The van der Waals surface area contributed by atoms with E-state index in [9.17, 15) is 9.18 Å². The first kappa shape index (κ1) is 11.6. The molecule has 3 nitrogen and oxygen atoms in total. The van der Waals surface area contributed by atoms with E-state index in [2.05, 4.69) is 5.32 Å². The normalized spacial score (nSPS) is 20.5. The zero-order valence-electron chi connectivity index (χ0n) is 9.75. The summed E-state index contributed by atoms with van der Waals surface area (Å²) in [5, 5.41) is 11.5. The fourth-order valence-corrected chi connectivity index (χ4v) is 1.85. The van der Waals surface area contributed by atoms with Gasteiger partial charge in [-0.3, -0.25) is 4.79 Å². The molecule has 1 fully saturated rings. The Balaban J connectivity index is 2.15. The minimum atomic E-state index is -0.480. The Labute approximate surface area is 99.2 Å². The average Bonchev–Trinajstić information content (AvgIpc) is 2.90. The van der Waals surface area contributed by atoms with Crippen molar-refractivity contribution in [2.45, 2.75) is 20.3 Å². The summed E-state index contributed by atoms with van der Waals surface area (Å²) < 4.78 is 12.9. The molecule has 0 aromatic heterocycles. The van der Waals surface area contributed by atoms with E-state index in [1.807, 2.05) is 19.9 Å². The predicted molar refractivity (Wildman–Crippen MR) is 61.6 cm³/mol. The molecule has 0 spiro atoms. The molecule has 1 aromatic rings. The molecule has 0 bridgehead atoms. The zero-order chi connectivity index (χ0) is 12.6. The van der Waals surface area contributed by atoms with E-state index in [1.54, 1.807) is 0 Å². The molecule has 4 heteroatoms. The van der Waals surface area contributed by atoms with E-state index in [4.69, 9.17) is 5.26 Å². The molecule has 17 heavy (non-hydrogen) atoms. The van der Waals surface area contributed by atoms with Gasteiger partial charge >= 0.3 is 0 Å². The maximum absolute atomic E-state index is 12.9. The molecule has 1 aromatic carbocycles. The number of hydrogen-bond acceptors (Lipinski definition) is 2. The van der Waals surface area contributed by atoms with Crippen molar-refractivity contribution in [2.75, 3.05) is 5.32 Å². The molecule has 1 N–H and O–H groups in total. The minimum absolute atomic E-state index is 0.0147. The molecule has 1 aliphatic carbocycles. The lowest BCUT2D eigenvalue weighted by Crippen LogP contribution is -2.17. The SMILES string of the molecule is CC1(C)CC1C(=O)Nc1ccc(F)cc1C#N. The molecule has 2 rings (SSSR count). The Hall–Kier alpha value is -1.89. The molecule has 1 amide bonds.